The van der Waals surface area contributed by atoms with Gasteiger partial charge in [-0.2, -0.15) is 0 Å². The maximum absolute atomic E-state index is 14.0. The Kier molecular flexibility index (Phi) is 2.49. The van der Waals surface area contributed by atoms with E-state index in [-0.39, 0.29) is 11.5 Å². The standard InChI is InChI=1S/C12H15F2N/c1-8(2)11-6-10(13)9(7-15-11)12(14)4-3-5-12/h6-8H,3-5H2,1-2H3. The summed E-state index contributed by atoms with van der Waals surface area (Å²) in [4.78, 5) is 4.11. The summed E-state index contributed by atoms with van der Waals surface area (Å²) in [6.45, 7) is 3.88. The Bertz CT molecular complexity index is 370. The van der Waals surface area contributed by atoms with E-state index in [0.717, 1.165) is 6.42 Å². The molecule has 1 saturated carbocycles. The van der Waals surface area contributed by atoms with Crippen LogP contribution in [0.1, 0.15) is 50.3 Å². The molecular weight excluding hydrogens is 196 g/mol. The van der Waals surface area contributed by atoms with Crippen LogP contribution in [0.15, 0.2) is 12.3 Å². The average Bonchev–Trinajstić information content (AvgIpc) is 2.14. The van der Waals surface area contributed by atoms with Crippen LogP contribution in [0.25, 0.3) is 0 Å². The van der Waals surface area contributed by atoms with Crippen molar-refractivity contribution < 1.29 is 8.78 Å². The van der Waals surface area contributed by atoms with Gasteiger partial charge in [0.15, 0.2) is 0 Å². The number of aromatic nitrogens is 1. The van der Waals surface area contributed by atoms with E-state index in [1.165, 1.54) is 12.3 Å². The molecule has 0 aromatic carbocycles. The van der Waals surface area contributed by atoms with E-state index in [0.29, 0.717) is 18.5 Å². The molecule has 1 aromatic rings. The Balaban J connectivity index is 2.34. The lowest BCUT2D eigenvalue weighted by Gasteiger charge is -2.34. The quantitative estimate of drug-likeness (QED) is 0.727. The molecule has 0 spiro atoms. The first-order chi connectivity index (χ1) is 7.03. The zero-order valence-electron chi connectivity index (χ0n) is 9.06. The lowest BCUT2D eigenvalue weighted by molar-refractivity contribution is 0.0563. The monoisotopic (exact) mass is 211 g/mol. The van der Waals surface area contributed by atoms with Gasteiger partial charge in [-0.1, -0.05) is 13.8 Å². The van der Waals surface area contributed by atoms with Gasteiger partial charge in [0.1, 0.15) is 11.5 Å². The fraction of sp³-hybridized carbons (Fsp3) is 0.583. The predicted molar refractivity (Wildman–Crippen MR) is 54.9 cm³/mol. The van der Waals surface area contributed by atoms with E-state index < -0.39 is 11.5 Å². The first-order valence-corrected chi connectivity index (χ1v) is 5.38. The Morgan fingerprint density at radius 3 is 2.47 bits per heavy atom. The Hall–Kier alpha value is -0.990. The van der Waals surface area contributed by atoms with Crippen molar-refractivity contribution in [2.75, 3.05) is 0 Å². The fourth-order valence-corrected chi connectivity index (χ4v) is 1.85. The van der Waals surface area contributed by atoms with Gasteiger partial charge >= 0.3 is 0 Å². The highest BCUT2D eigenvalue weighted by atomic mass is 19.1. The molecule has 0 amide bonds. The van der Waals surface area contributed by atoms with Gasteiger partial charge in [-0.3, -0.25) is 4.98 Å². The Morgan fingerprint density at radius 1 is 1.40 bits per heavy atom. The second kappa shape index (κ2) is 3.54. The first-order valence-electron chi connectivity index (χ1n) is 5.38. The summed E-state index contributed by atoms with van der Waals surface area (Å²) in [6, 6.07) is 1.36. The summed E-state index contributed by atoms with van der Waals surface area (Å²) in [5, 5.41) is 0. The molecule has 0 N–H and O–H groups in total. The third-order valence-corrected chi connectivity index (χ3v) is 3.09. The van der Waals surface area contributed by atoms with E-state index in [1.54, 1.807) is 0 Å². The molecule has 1 aliphatic rings. The van der Waals surface area contributed by atoms with Crippen molar-refractivity contribution in [1.29, 1.82) is 0 Å². The van der Waals surface area contributed by atoms with E-state index in [4.69, 9.17) is 0 Å². The van der Waals surface area contributed by atoms with Gasteiger partial charge in [0.25, 0.3) is 0 Å². The molecule has 15 heavy (non-hydrogen) atoms. The molecule has 0 unspecified atom stereocenters. The fourth-order valence-electron chi connectivity index (χ4n) is 1.85. The number of rotatable bonds is 2. The van der Waals surface area contributed by atoms with Crippen LogP contribution in [-0.4, -0.2) is 4.98 Å². The summed E-state index contributed by atoms with van der Waals surface area (Å²) < 4.78 is 27.6. The maximum Gasteiger partial charge on any atom is 0.140 e. The third kappa shape index (κ3) is 1.75. The van der Waals surface area contributed by atoms with Gasteiger partial charge in [-0.05, 0) is 31.2 Å². The molecule has 3 heteroatoms. The number of halogens is 2. The highest BCUT2D eigenvalue weighted by molar-refractivity contribution is 5.26. The first kappa shape index (κ1) is 10.5. The van der Waals surface area contributed by atoms with Crippen LogP contribution in [-0.2, 0) is 5.67 Å². The minimum atomic E-state index is -1.45. The van der Waals surface area contributed by atoms with E-state index in [2.05, 4.69) is 4.98 Å². The highest BCUT2D eigenvalue weighted by Gasteiger charge is 2.41. The third-order valence-electron chi connectivity index (χ3n) is 3.09. The van der Waals surface area contributed by atoms with Gasteiger partial charge < -0.3 is 0 Å². The van der Waals surface area contributed by atoms with Crippen LogP contribution in [0.2, 0.25) is 0 Å². The van der Waals surface area contributed by atoms with Crippen LogP contribution >= 0.6 is 0 Å². The summed E-state index contributed by atoms with van der Waals surface area (Å²) in [7, 11) is 0. The van der Waals surface area contributed by atoms with Gasteiger partial charge in [-0.25, -0.2) is 8.78 Å². The van der Waals surface area contributed by atoms with Gasteiger partial charge in [0.05, 0.1) is 0 Å². The normalized spacial score (nSPS) is 19.0. The number of hydrogen-bond donors (Lipinski definition) is 0. The zero-order valence-corrected chi connectivity index (χ0v) is 9.06. The molecule has 2 rings (SSSR count). The molecule has 0 saturated heterocycles. The topological polar surface area (TPSA) is 12.9 Å². The van der Waals surface area contributed by atoms with Gasteiger partial charge in [0.2, 0.25) is 0 Å². The average molecular weight is 211 g/mol. The zero-order chi connectivity index (χ0) is 11.1. The van der Waals surface area contributed by atoms with Crippen molar-refractivity contribution in [2.45, 2.75) is 44.7 Å². The lowest BCUT2D eigenvalue weighted by atomic mass is 9.77. The largest absolute Gasteiger partial charge is 0.260 e. The molecule has 1 aliphatic carbocycles. The van der Waals surface area contributed by atoms with Crippen molar-refractivity contribution in [2.24, 2.45) is 0 Å². The van der Waals surface area contributed by atoms with Gasteiger partial charge in [0, 0.05) is 17.5 Å². The molecule has 0 aliphatic heterocycles. The minimum absolute atomic E-state index is 0.137. The molecule has 1 aromatic heterocycles. The molecule has 0 radical (unpaired) electrons. The number of nitrogens with zero attached hydrogens (tertiary/aromatic N) is 1. The second-order valence-corrected chi connectivity index (χ2v) is 4.56. The smallest absolute Gasteiger partial charge is 0.140 e. The Morgan fingerprint density at radius 2 is 2.07 bits per heavy atom. The number of hydrogen-bond acceptors (Lipinski definition) is 1. The van der Waals surface area contributed by atoms with E-state index in [9.17, 15) is 8.78 Å². The van der Waals surface area contributed by atoms with Gasteiger partial charge in [-0.15, -0.1) is 0 Å². The summed E-state index contributed by atoms with van der Waals surface area (Å²) in [5.74, 6) is -0.276. The summed E-state index contributed by atoms with van der Waals surface area (Å²) in [5.41, 5.74) is -0.635. The second-order valence-electron chi connectivity index (χ2n) is 4.56. The van der Waals surface area contributed by atoms with Crippen LogP contribution in [0.3, 0.4) is 0 Å². The van der Waals surface area contributed by atoms with E-state index in [1.807, 2.05) is 13.8 Å². The van der Waals surface area contributed by atoms with Crippen LogP contribution in [0.4, 0.5) is 8.78 Å². The van der Waals surface area contributed by atoms with Crippen LogP contribution in [0.5, 0.6) is 0 Å². The molecule has 1 heterocycles. The molecule has 82 valence electrons. The molecule has 0 bridgehead atoms. The predicted octanol–water partition coefficient (Wildman–Crippen LogP) is 3.69. The molecule has 1 nitrogen and oxygen atoms in total. The highest BCUT2D eigenvalue weighted by Crippen LogP contribution is 2.45. The van der Waals surface area contributed by atoms with Crippen LogP contribution in [0, 0.1) is 5.82 Å². The van der Waals surface area contributed by atoms with Crippen molar-refractivity contribution in [1.82, 2.24) is 4.98 Å². The van der Waals surface area contributed by atoms with Crippen molar-refractivity contribution in [3.05, 3.63) is 29.3 Å². The SMILES string of the molecule is CC(C)c1cc(F)c(C2(F)CCC2)cn1. The molecule has 0 atom stereocenters. The van der Waals surface area contributed by atoms with Crippen molar-refractivity contribution >= 4 is 0 Å². The van der Waals surface area contributed by atoms with Crippen molar-refractivity contribution in [3.8, 4) is 0 Å². The number of alkyl halides is 1. The molecule has 1 fully saturated rings. The van der Waals surface area contributed by atoms with E-state index >= 15 is 0 Å². The Labute approximate surface area is 88.5 Å². The van der Waals surface area contributed by atoms with Crippen LogP contribution < -0.4 is 0 Å². The van der Waals surface area contributed by atoms with Crippen molar-refractivity contribution in [3.63, 3.8) is 0 Å². The number of pyridine rings is 1. The summed E-state index contributed by atoms with van der Waals surface area (Å²) in [6.07, 6.45) is 3.05. The molecular formula is C12H15F2N. The summed E-state index contributed by atoms with van der Waals surface area (Å²) >= 11 is 0. The minimum Gasteiger partial charge on any atom is -0.260 e. The lowest BCUT2D eigenvalue weighted by Crippen LogP contribution is -2.30. The maximum atomic E-state index is 14.0.